The van der Waals surface area contributed by atoms with Crippen LogP contribution in [0.4, 0.5) is 5.82 Å². The predicted octanol–water partition coefficient (Wildman–Crippen LogP) is 2.30. The standard InChI is InChI=1S/C13H24N4/c1-6-14-12-7-11(4)15-13(16-12)9-17(5)8-10(2)3/h7,10H,6,8-9H2,1-5H3,(H,14,15,16). The molecule has 0 saturated heterocycles. The molecule has 1 heterocycles. The van der Waals surface area contributed by atoms with E-state index in [1.54, 1.807) is 0 Å². The Bertz CT molecular complexity index is 349. The van der Waals surface area contributed by atoms with Gasteiger partial charge in [0.25, 0.3) is 0 Å². The van der Waals surface area contributed by atoms with Gasteiger partial charge in [0.2, 0.25) is 0 Å². The van der Waals surface area contributed by atoms with Crippen molar-refractivity contribution in [2.45, 2.75) is 34.2 Å². The molecule has 0 amide bonds. The average Bonchev–Trinajstić information content (AvgIpc) is 2.14. The van der Waals surface area contributed by atoms with Gasteiger partial charge >= 0.3 is 0 Å². The van der Waals surface area contributed by atoms with Crippen LogP contribution in [0.25, 0.3) is 0 Å². The molecule has 0 unspecified atom stereocenters. The van der Waals surface area contributed by atoms with Gasteiger partial charge < -0.3 is 5.32 Å². The number of aryl methyl sites for hydroxylation is 1. The van der Waals surface area contributed by atoms with Crippen molar-refractivity contribution >= 4 is 5.82 Å². The van der Waals surface area contributed by atoms with Crippen molar-refractivity contribution in [3.05, 3.63) is 17.6 Å². The van der Waals surface area contributed by atoms with Crippen molar-refractivity contribution in [1.29, 1.82) is 0 Å². The molecule has 0 aliphatic carbocycles. The number of anilines is 1. The molecular formula is C13H24N4. The highest BCUT2D eigenvalue weighted by Crippen LogP contribution is 2.08. The summed E-state index contributed by atoms with van der Waals surface area (Å²) >= 11 is 0. The van der Waals surface area contributed by atoms with E-state index in [1.807, 2.05) is 13.0 Å². The zero-order valence-corrected chi connectivity index (χ0v) is 11.6. The Labute approximate surface area is 104 Å². The van der Waals surface area contributed by atoms with Gasteiger partial charge in [0, 0.05) is 24.8 Å². The molecule has 0 saturated carbocycles. The highest BCUT2D eigenvalue weighted by atomic mass is 15.1. The molecule has 0 aromatic carbocycles. The van der Waals surface area contributed by atoms with Gasteiger partial charge in [-0.3, -0.25) is 4.90 Å². The molecule has 0 spiro atoms. The van der Waals surface area contributed by atoms with Crippen LogP contribution in [0.5, 0.6) is 0 Å². The summed E-state index contributed by atoms with van der Waals surface area (Å²) in [5.41, 5.74) is 1.02. The molecule has 0 aliphatic rings. The molecule has 1 rings (SSSR count). The molecule has 96 valence electrons. The number of nitrogens with zero attached hydrogens (tertiary/aromatic N) is 3. The maximum Gasteiger partial charge on any atom is 0.144 e. The van der Waals surface area contributed by atoms with Crippen LogP contribution in [0.2, 0.25) is 0 Å². The summed E-state index contributed by atoms with van der Waals surface area (Å²) in [6.07, 6.45) is 0. The lowest BCUT2D eigenvalue weighted by molar-refractivity contribution is 0.282. The number of nitrogens with one attached hydrogen (secondary N) is 1. The molecule has 1 N–H and O–H groups in total. The molecule has 4 nitrogen and oxygen atoms in total. The molecule has 0 radical (unpaired) electrons. The second-order valence-corrected chi connectivity index (χ2v) is 4.93. The summed E-state index contributed by atoms with van der Waals surface area (Å²) < 4.78 is 0. The molecule has 0 bridgehead atoms. The normalized spacial score (nSPS) is 11.2. The monoisotopic (exact) mass is 236 g/mol. The van der Waals surface area contributed by atoms with Gasteiger partial charge in [0.1, 0.15) is 11.6 Å². The Hall–Kier alpha value is -1.16. The number of hydrogen-bond donors (Lipinski definition) is 1. The topological polar surface area (TPSA) is 41.1 Å². The van der Waals surface area contributed by atoms with Gasteiger partial charge in [-0.05, 0) is 26.8 Å². The molecule has 0 aliphatic heterocycles. The molecule has 1 aromatic heterocycles. The Morgan fingerprint density at radius 1 is 1.35 bits per heavy atom. The summed E-state index contributed by atoms with van der Waals surface area (Å²) in [6.45, 7) is 11.3. The first-order valence-electron chi connectivity index (χ1n) is 6.28. The van der Waals surface area contributed by atoms with E-state index in [2.05, 4.69) is 48.0 Å². The van der Waals surface area contributed by atoms with E-state index in [4.69, 9.17) is 0 Å². The number of hydrogen-bond acceptors (Lipinski definition) is 4. The summed E-state index contributed by atoms with van der Waals surface area (Å²) in [4.78, 5) is 11.2. The lowest BCUT2D eigenvalue weighted by Gasteiger charge is -2.18. The fourth-order valence-corrected chi connectivity index (χ4v) is 1.90. The van der Waals surface area contributed by atoms with E-state index < -0.39 is 0 Å². The zero-order chi connectivity index (χ0) is 12.8. The zero-order valence-electron chi connectivity index (χ0n) is 11.6. The van der Waals surface area contributed by atoms with Gasteiger partial charge in [-0.2, -0.15) is 0 Å². The Kier molecular flexibility index (Phi) is 5.35. The molecule has 4 heteroatoms. The molecule has 17 heavy (non-hydrogen) atoms. The van der Waals surface area contributed by atoms with Crippen LogP contribution in [-0.2, 0) is 6.54 Å². The van der Waals surface area contributed by atoms with Gasteiger partial charge in [-0.15, -0.1) is 0 Å². The van der Waals surface area contributed by atoms with E-state index in [9.17, 15) is 0 Å². The maximum absolute atomic E-state index is 4.51. The van der Waals surface area contributed by atoms with Crippen LogP contribution >= 0.6 is 0 Å². The van der Waals surface area contributed by atoms with Crippen LogP contribution in [0.1, 0.15) is 32.3 Å². The van der Waals surface area contributed by atoms with Crippen molar-refractivity contribution in [2.24, 2.45) is 5.92 Å². The number of aromatic nitrogens is 2. The second kappa shape index (κ2) is 6.55. The largest absolute Gasteiger partial charge is 0.370 e. The third-order valence-electron chi connectivity index (χ3n) is 2.35. The summed E-state index contributed by atoms with van der Waals surface area (Å²) in [6, 6.07) is 1.98. The molecular weight excluding hydrogens is 212 g/mol. The smallest absolute Gasteiger partial charge is 0.144 e. The average molecular weight is 236 g/mol. The van der Waals surface area contributed by atoms with Crippen molar-refractivity contribution in [3.8, 4) is 0 Å². The van der Waals surface area contributed by atoms with Crippen molar-refractivity contribution < 1.29 is 0 Å². The maximum atomic E-state index is 4.51. The highest BCUT2D eigenvalue weighted by molar-refractivity contribution is 5.35. The van der Waals surface area contributed by atoms with Crippen LogP contribution < -0.4 is 5.32 Å². The molecule has 0 atom stereocenters. The van der Waals surface area contributed by atoms with Crippen molar-refractivity contribution in [2.75, 3.05) is 25.5 Å². The first-order chi connectivity index (χ1) is 8.01. The Morgan fingerprint density at radius 3 is 2.65 bits per heavy atom. The van der Waals surface area contributed by atoms with E-state index in [0.717, 1.165) is 37.0 Å². The SMILES string of the molecule is CCNc1cc(C)nc(CN(C)CC(C)C)n1. The molecule has 1 aromatic rings. The van der Waals surface area contributed by atoms with E-state index in [-0.39, 0.29) is 0 Å². The number of rotatable bonds is 6. The first kappa shape index (κ1) is 13.9. The quantitative estimate of drug-likeness (QED) is 0.823. The van der Waals surface area contributed by atoms with E-state index in [1.165, 1.54) is 0 Å². The van der Waals surface area contributed by atoms with Gasteiger partial charge in [0.15, 0.2) is 0 Å². The van der Waals surface area contributed by atoms with Crippen LogP contribution in [0.3, 0.4) is 0 Å². The Balaban J connectivity index is 2.69. The lowest BCUT2D eigenvalue weighted by atomic mass is 10.2. The van der Waals surface area contributed by atoms with E-state index in [0.29, 0.717) is 5.92 Å². The minimum absolute atomic E-state index is 0.665. The van der Waals surface area contributed by atoms with E-state index >= 15 is 0 Å². The van der Waals surface area contributed by atoms with Crippen LogP contribution in [-0.4, -0.2) is 35.0 Å². The van der Waals surface area contributed by atoms with Gasteiger partial charge in [-0.1, -0.05) is 13.8 Å². The van der Waals surface area contributed by atoms with Gasteiger partial charge in [-0.25, -0.2) is 9.97 Å². The third-order valence-corrected chi connectivity index (χ3v) is 2.35. The van der Waals surface area contributed by atoms with Gasteiger partial charge in [0.05, 0.1) is 6.54 Å². The minimum atomic E-state index is 0.665. The second-order valence-electron chi connectivity index (χ2n) is 4.93. The Morgan fingerprint density at radius 2 is 2.06 bits per heavy atom. The third kappa shape index (κ3) is 5.13. The minimum Gasteiger partial charge on any atom is -0.370 e. The fourth-order valence-electron chi connectivity index (χ4n) is 1.90. The van der Waals surface area contributed by atoms with Crippen molar-refractivity contribution in [1.82, 2.24) is 14.9 Å². The summed E-state index contributed by atoms with van der Waals surface area (Å²) in [5, 5.41) is 3.23. The highest BCUT2D eigenvalue weighted by Gasteiger charge is 2.07. The fraction of sp³-hybridized carbons (Fsp3) is 0.692. The van der Waals surface area contributed by atoms with Crippen molar-refractivity contribution in [3.63, 3.8) is 0 Å². The molecule has 0 fully saturated rings. The first-order valence-corrected chi connectivity index (χ1v) is 6.28. The summed E-state index contributed by atoms with van der Waals surface area (Å²) in [7, 11) is 2.11. The van der Waals surface area contributed by atoms with Crippen LogP contribution in [0, 0.1) is 12.8 Å². The predicted molar refractivity (Wildman–Crippen MR) is 72.1 cm³/mol. The lowest BCUT2D eigenvalue weighted by Crippen LogP contribution is -2.24. The summed E-state index contributed by atoms with van der Waals surface area (Å²) in [5.74, 6) is 2.48. The van der Waals surface area contributed by atoms with Crippen LogP contribution in [0.15, 0.2) is 6.07 Å².